The van der Waals surface area contributed by atoms with Gasteiger partial charge in [-0.15, -0.1) is 0 Å². The third kappa shape index (κ3) is 4.65. The van der Waals surface area contributed by atoms with Gasteiger partial charge in [0.2, 0.25) is 5.91 Å². The van der Waals surface area contributed by atoms with Crippen molar-refractivity contribution in [2.24, 2.45) is 0 Å². The number of nitrogens with one attached hydrogen (secondary N) is 1. The molecule has 1 aliphatic rings. The van der Waals surface area contributed by atoms with Crippen molar-refractivity contribution in [3.8, 4) is 5.75 Å². The van der Waals surface area contributed by atoms with Crippen LogP contribution in [0.2, 0.25) is 0 Å². The van der Waals surface area contributed by atoms with Gasteiger partial charge in [0, 0.05) is 43.7 Å². The van der Waals surface area contributed by atoms with Crippen LogP contribution in [0.4, 0.5) is 0 Å². The first kappa shape index (κ1) is 18.9. The Hall–Kier alpha value is -2.87. The summed E-state index contributed by atoms with van der Waals surface area (Å²) in [7, 11) is 1.59. The molecule has 0 fully saturated rings. The van der Waals surface area contributed by atoms with E-state index in [9.17, 15) is 9.59 Å². The fourth-order valence-corrected chi connectivity index (χ4v) is 2.95. The molecule has 0 aliphatic carbocycles. The van der Waals surface area contributed by atoms with E-state index in [0.29, 0.717) is 37.6 Å². The molecule has 2 amide bonds. The Labute approximate surface area is 158 Å². The lowest BCUT2D eigenvalue weighted by molar-refractivity contribution is -0.135. The normalized spacial score (nSPS) is 16.2. The minimum absolute atomic E-state index is 0.0439. The number of rotatable bonds is 6. The smallest absolute Gasteiger partial charge is 0.251 e. The van der Waals surface area contributed by atoms with Crippen LogP contribution in [-0.4, -0.2) is 59.4 Å². The number of amides is 2. The molecule has 1 aromatic carbocycles. The van der Waals surface area contributed by atoms with E-state index in [1.165, 1.54) is 0 Å². The van der Waals surface area contributed by atoms with Crippen molar-refractivity contribution < 1.29 is 19.1 Å². The van der Waals surface area contributed by atoms with Crippen LogP contribution in [0.25, 0.3) is 0 Å². The minimum Gasteiger partial charge on any atom is -0.491 e. The number of benzene rings is 1. The van der Waals surface area contributed by atoms with Gasteiger partial charge in [-0.3, -0.25) is 14.3 Å². The maximum absolute atomic E-state index is 12.7. The first-order chi connectivity index (χ1) is 13.1. The molecule has 1 aromatic heterocycles. The van der Waals surface area contributed by atoms with Gasteiger partial charge in [-0.05, 0) is 31.2 Å². The third-order valence-corrected chi connectivity index (χ3v) is 4.44. The van der Waals surface area contributed by atoms with Gasteiger partial charge in [0.1, 0.15) is 18.9 Å². The molecule has 8 nitrogen and oxygen atoms in total. The molecule has 0 saturated heterocycles. The van der Waals surface area contributed by atoms with Gasteiger partial charge < -0.3 is 19.7 Å². The Morgan fingerprint density at radius 3 is 3.00 bits per heavy atom. The second-order valence-electron chi connectivity index (χ2n) is 6.46. The Morgan fingerprint density at radius 2 is 2.26 bits per heavy atom. The van der Waals surface area contributed by atoms with E-state index in [0.717, 1.165) is 5.56 Å². The lowest BCUT2D eigenvalue weighted by Gasteiger charge is -2.26. The zero-order valence-electron chi connectivity index (χ0n) is 15.6. The van der Waals surface area contributed by atoms with Gasteiger partial charge in [-0.1, -0.05) is 0 Å². The van der Waals surface area contributed by atoms with Crippen molar-refractivity contribution in [1.29, 1.82) is 0 Å². The molecule has 1 atom stereocenters. The van der Waals surface area contributed by atoms with Crippen molar-refractivity contribution >= 4 is 11.8 Å². The van der Waals surface area contributed by atoms with E-state index in [-0.39, 0.29) is 24.4 Å². The summed E-state index contributed by atoms with van der Waals surface area (Å²) in [5.74, 6) is 0.476. The lowest BCUT2D eigenvalue weighted by Crippen LogP contribution is -2.41. The molecule has 2 heterocycles. The second-order valence-corrected chi connectivity index (χ2v) is 6.46. The predicted octanol–water partition coefficient (Wildman–Crippen LogP) is 1.07. The Morgan fingerprint density at radius 1 is 1.41 bits per heavy atom. The third-order valence-electron chi connectivity index (χ3n) is 4.44. The summed E-state index contributed by atoms with van der Waals surface area (Å²) in [6, 6.07) is 7.00. The monoisotopic (exact) mass is 372 g/mol. The fraction of sp³-hybridized carbons (Fsp3) is 0.421. The Kier molecular flexibility index (Phi) is 6.08. The molecule has 0 bridgehead atoms. The summed E-state index contributed by atoms with van der Waals surface area (Å²) in [6.07, 6.45) is 3.40. The van der Waals surface area contributed by atoms with E-state index >= 15 is 0 Å². The van der Waals surface area contributed by atoms with Crippen LogP contribution in [0, 0.1) is 0 Å². The molecule has 0 unspecified atom stereocenters. The van der Waals surface area contributed by atoms with E-state index in [1.807, 2.05) is 6.92 Å². The van der Waals surface area contributed by atoms with Crippen LogP contribution in [0.5, 0.6) is 5.75 Å². The van der Waals surface area contributed by atoms with Crippen LogP contribution in [0.15, 0.2) is 36.7 Å². The first-order valence-electron chi connectivity index (χ1n) is 8.88. The average molecular weight is 372 g/mol. The number of aromatic nitrogens is 2. The van der Waals surface area contributed by atoms with Crippen LogP contribution >= 0.6 is 0 Å². The topological polar surface area (TPSA) is 85.7 Å². The van der Waals surface area contributed by atoms with Crippen molar-refractivity contribution in [2.75, 3.05) is 26.9 Å². The SMILES string of the molecule is COCCNC(=O)c1ccc2c(c1)CN(C(=O)Cn1cccn1)[C@@H](C)CO2. The quantitative estimate of drug-likeness (QED) is 0.767. The molecule has 0 spiro atoms. The van der Waals surface area contributed by atoms with Crippen molar-refractivity contribution in [1.82, 2.24) is 20.0 Å². The zero-order chi connectivity index (χ0) is 19.2. The number of fused-ring (bicyclic) bond motifs is 1. The van der Waals surface area contributed by atoms with Crippen LogP contribution in [0.3, 0.4) is 0 Å². The van der Waals surface area contributed by atoms with Crippen molar-refractivity contribution in [3.05, 3.63) is 47.8 Å². The second kappa shape index (κ2) is 8.68. The van der Waals surface area contributed by atoms with E-state index in [4.69, 9.17) is 9.47 Å². The predicted molar refractivity (Wildman–Crippen MR) is 98.4 cm³/mol. The summed E-state index contributed by atoms with van der Waals surface area (Å²) in [6.45, 7) is 3.80. The van der Waals surface area contributed by atoms with Crippen LogP contribution in [-0.2, 0) is 22.6 Å². The molecule has 27 heavy (non-hydrogen) atoms. The highest BCUT2D eigenvalue weighted by Gasteiger charge is 2.26. The fourth-order valence-electron chi connectivity index (χ4n) is 2.95. The molecule has 144 valence electrons. The van der Waals surface area contributed by atoms with Crippen LogP contribution < -0.4 is 10.1 Å². The summed E-state index contributed by atoms with van der Waals surface area (Å²) < 4.78 is 12.4. The molecule has 8 heteroatoms. The molecule has 3 rings (SSSR count). The number of hydrogen-bond acceptors (Lipinski definition) is 5. The van der Waals surface area contributed by atoms with Crippen LogP contribution in [0.1, 0.15) is 22.8 Å². The van der Waals surface area contributed by atoms with Crippen molar-refractivity contribution in [2.45, 2.75) is 26.1 Å². The number of carbonyl (C=O) groups is 2. The van der Waals surface area contributed by atoms with Gasteiger partial charge in [0.05, 0.1) is 12.6 Å². The summed E-state index contributed by atoms with van der Waals surface area (Å²) in [5, 5.41) is 6.89. The lowest BCUT2D eigenvalue weighted by atomic mass is 10.1. The summed E-state index contributed by atoms with van der Waals surface area (Å²) in [5.41, 5.74) is 1.34. The number of ether oxygens (including phenoxy) is 2. The van der Waals surface area contributed by atoms with E-state index < -0.39 is 0 Å². The largest absolute Gasteiger partial charge is 0.491 e. The highest BCUT2D eigenvalue weighted by atomic mass is 16.5. The molecule has 1 N–H and O–H groups in total. The zero-order valence-corrected chi connectivity index (χ0v) is 15.6. The number of carbonyl (C=O) groups excluding carboxylic acids is 2. The molecule has 0 saturated carbocycles. The maximum Gasteiger partial charge on any atom is 0.251 e. The van der Waals surface area contributed by atoms with Gasteiger partial charge in [-0.2, -0.15) is 5.10 Å². The number of methoxy groups -OCH3 is 1. The van der Waals surface area contributed by atoms with Gasteiger partial charge in [0.15, 0.2) is 0 Å². The maximum atomic E-state index is 12.7. The number of nitrogens with zero attached hydrogens (tertiary/aromatic N) is 3. The summed E-state index contributed by atoms with van der Waals surface area (Å²) >= 11 is 0. The standard InChI is InChI=1S/C19H24N4O4/c1-14-13-27-17-5-4-15(19(25)20-7-9-26-2)10-16(17)11-23(14)18(24)12-22-8-3-6-21-22/h3-6,8,10,14H,7,9,11-13H2,1-2H3,(H,20,25)/t14-/m0/s1. The molecule has 0 radical (unpaired) electrons. The van der Waals surface area contributed by atoms with Gasteiger partial charge in [0.25, 0.3) is 5.91 Å². The van der Waals surface area contributed by atoms with E-state index in [2.05, 4.69) is 10.4 Å². The van der Waals surface area contributed by atoms with Gasteiger partial charge >= 0.3 is 0 Å². The van der Waals surface area contributed by atoms with Crippen molar-refractivity contribution in [3.63, 3.8) is 0 Å². The van der Waals surface area contributed by atoms with Gasteiger partial charge in [-0.25, -0.2) is 0 Å². The van der Waals surface area contributed by atoms with E-state index in [1.54, 1.807) is 53.4 Å². The first-order valence-corrected chi connectivity index (χ1v) is 8.88. The highest BCUT2D eigenvalue weighted by molar-refractivity contribution is 5.94. The average Bonchev–Trinajstić information content (AvgIpc) is 3.11. The molecular formula is C19H24N4O4. The Bertz CT molecular complexity index is 791. The highest BCUT2D eigenvalue weighted by Crippen LogP contribution is 2.26. The molecular weight excluding hydrogens is 348 g/mol. The molecule has 2 aromatic rings. The summed E-state index contributed by atoms with van der Waals surface area (Å²) in [4.78, 5) is 26.8. The molecule has 1 aliphatic heterocycles. The number of hydrogen-bond donors (Lipinski definition) is 1. The Balaban J connectivity index is 1.75. The minimum atomic E-state index is -0.179.